The molecule has 1 aliphatic heterocycles. The molecule has 114 valence electrons. The summed E-state index contributed by atoms with van der Waals surface area (Å²) in [5, 5.41) is 14.2. The minimum atomic E-state index is 0.0446. The molecule has 3 atom stereocenters. The van der Waals surface area contributed by atoms with Crippen molar-refractivity contribution in [3.8, 4) is 6.07 Å². The summed E-state index contributed by atoms with van der Waals surface area (Å²) in [6, 6.07) is 14.0. The van der Waals surface area contributed by atoms with E-state index in [4.69, 9.17) is 23.2 Å². The predicted octanol–water partition coefficient (Wildman–Crippen LogP) is 5.69. The third-order valence-corrected chi connectivity index (χ3v) is 5.67. The Morgan fingerprint density at radius 3 is 2.70 bits per heavy atom. The maximum absolute atomic E-state index is 9.43. The molecular weight excluding hydrogens is 327 g/mol. The van der Waals surface area contributed by atoms with E-state index in [-0.39, 0.29) is 6.04 Å². The SMILES string of the molecule is N#Cc1cccc2c1N[C@H](c1cccc(Cl)c1Cl)[C@H]1CC=C[C@@H]21. The zero-order valence-electron chi connectivity index (χ0n) is 12.3. The molecule has 23 heavy (non-hydrogen) atoms. The van der Waals surface area contributed by atoms with Gasteiger partial charge in [-0.1, -0.05) is 59.6 Å². The van der Waals surface area contributed by atoms with Crippen molar-refractivity contribution in [3.05, 3.63) is 75.3 Å². The Labute approximate surface area is 145 Å². The fourth-order valence-electron chi connectivity index (χ4n) is 3.78. The van der Waals surface area contributed by atoms with Gasteiger partial charge >= 0.3 is 0 Å². The van der Waals surface area contributed by atoms with E-state index in [0.717, 1.165) is 17.7 Å². The second kappa shape index (κ2) is 5.60. The molecule has 2 aliphatic rings. The molecule has 0 amide bonds. The van der Waals surface area contributed by atoms with Crippen molar-refractivity contribution in [2.75, 3.05) is 5.32 Å². The molecule has 0 unspecified atom stereocenters. The van der Waals surface area contributed by atoms with Crippen LogP contribution in [0.1, 0.15) is 35.1 Å². The largest absolute Gasteiger partial charge is 0.377 e. The number of benzene rings is 2. The van der Waals surface area contributed by atoms with Crippen molar-refractivity contribution in [2.24, 2.45) is 5.92 Å². The Hall–Kier alpha value is -1.95. The van der Waals surface area contributed by atoms with Crippen molar-refractivity contribution >= 4 is 28.9 Å². The van der Waals surface area contributed by atoms with Crippen molar-refractivity contribution in [1.29, 1.82) is 5.26 Å². The van der Waals surface area contributed by atoms with Crippen LogP contribution in [0.3, 0.4) is 0 Å². The molecule has 1 heterocycles. The summed E-state index contributed by atoms with van der Waals surface area (Å²) in [4.78, 5) is 0. The van der Waals surface area contributed by atoms with Crippen LogP contribution in [0.5, 0.6) is 0 Å². The normalized spacial score (nSPS) is 24.5. The average molecular weight is 341 g/mol. The summed E-state index contributed by atoms with van der Waals surface area (Å²) >= 11 is 12.7. The lowest BCUT2D eigenvalue weighted by atomic mass is 9.76. The van der Waals surface area contributed by atoms with Gasteiger partial charge in [0.25, 0.3) is 0 Å². The third-order valence-electron chi connectivity index (χ3n) is 4.83. The number of nitrogens with zero attached hydrogens (tertiary/aromatic N) is 1. The molecule has 1 N–H and O–H groups in total. The first-order chi connectivity index (χ1) is 11.2. The Kier molecular flexibility index (Phi) is 3.56. The number of allylic oxidation sites excluding steroid dienone is 2. The minimum absolute atomic E-state index is 0.0446. The highest BCUT2D eigenvalue weighted by molar-refractivity contribution is 6.42. The lowest BCUT2D eigenvalue weighted by Crippen LogP contribution is -2.29. The van der Waals surface area contributed by atoms with E-state index in [1.165, 1.54) is 5.56 Å². The zero-order valence-corrected chi connectivity index (χ0v) is 13.8. The number of rotatable bonds is 1. The van der Waals surface area contributed by atoms with E-state index < -0.39 is 0 Å². The molecule has 4 heteroatoms. The summed E-state index contributed by atoms with van der Waals surface area (Å²) in [6.07, 6.45) is 5.45. The van der Waals surface area contributed by atoms with Crippen LogP contribution in [0.15, 0.2) is 48.6 Å². The van der Waals surface area contributed by atoms with Crippen LogP contribution in [0, 0.1) is 17.2 Å². The summed E-state index contributed by atoms with van der Waals surface area (Å²) in [7, 11) is 0. The number of hydrogen-bond acceptors (Lipinski definition) is 2. The number of halogens is 2. The topological polar surface area (TPSA) is 35.8 Å². The lowest BCUT2D eigenvalue weighted by Gasteiger charge is -2.38. The highest BCUT2D eigenvalue weighted by Crippen LogP contribution is 2.51. The molecule has 0 saturated carbocycles. The molecule has 0 spiro atoms. The monoisotopic (exact) mass is 340 g/mol. The first-order valence-corrected chi connectivity index (χ1v) is 8.36. The highest BCUT2D eigenvalue weighted by Gasteiger charge is 2.39. The van der Waals surface area contributed by atoms with Gasteiger partial charge in [0.05, 0.1) is 27.3 Å². The molecule has 2 aromatic carbocycles. The molecule has 0 bridgehead atoms. The van der Waals surface area contributed by atoms with Crippen LogP contribution in [0.2, 0.25) is 10.0 Å². The molecule has 4 rings (SSSR count). The summed E-state index contributed by atoms with van der Waals surface area (Å²) in [5.74, 6) is 0.687. The van der Waals surface area contributed by atoms with Crippen LogP contribution in [0.25, 0.3) is 0 Å². The molecule has 0 aromatic heterocycles. The van der Waals surface area contributed by atoms with Gasteiger partial charge in [0.15, 0.2) is 0 Å². The van der Waals surface area contributed by atoms with Crippen LogP contribution >= 0.6 is 23.2 Å². The summed E-state index contributed by atoms with van der Waals surface area (Å²) < 4.78 is 0. The quantitative estimate of drug-likeness (QED) is 0.676. The number of nitriles is 1. The lowest BCUT2D eigenvalue weighted by molar-refractivity contribution is 0.425. The Balaban J connectivity index is 1.88. The predicted molar refractivity (Wildman–Crippen MR) is 94.0 cm³/mol. The zero-order chi connectivity index (χ0) is 16.0. The molecular formula is C19H14Cl2N2. The van der Waals surface area contributed by atoms with Gasteiger partial charge in [-0.25, -0.2) is 0 Å². The van der Waals surface area contributed by atoms with Gasteiger partial charge in [-0.15, -0.1) is 0 Å². The molecule has 2 aromatic rings. The number of nitrogens with one attached hydrogen (secondary N) is 1. The third kappa shape index (κ3) is 2.24. The number of fused-ring (bicyclic) bond motifs is 3. The van der Waals surface area contributed by atoms with Crippen molar-refractivity contribution in [2.45, 2.75) is 18.4 Å². The standard InChI is InChI=1S/C19H14Cl2N2/c20-16-9-3-8-15(17(16)21)19-14-7-2-5-12(14)13-6-1-4-11(10-22)18(13)23-19/h1-6,8-9,12,14,19,23H,7H2/t12-,14-,19-/m0/s1. The van der Waals surface area contributed by atoms with Crippen LogP contribution in [0.4, 0.5) is 5.69 Å². The fourth-order valence-corrected chi connectivity index (χ4v) is 4.21. The van der Waals surface area contributed by atoms with E-state index in [9.17, 15) is 5.26 Å². The Morgan fingerprint density at radius 1 is 1.09 bits per heavy atom. The molecule has 0 saturated heterocycles. The maximum atomic E-state index is 9.43. The molecule has 0 fully saturated rings. The van der Waals surface area contributed by atoms with Crippen molar-refractivity contribution in [3.63, 3.8) is 0 Å². The second-order valence-electron chi connectivity index (χ2n) is 6.00. The number of hydrogen-bond donors (Lipinski definition) is 1. The van der Waals surface area contributed by atoms with E-state index in [1.54, 1.807) is 6.07 Å². The van der Waals surface area contributed by atoms with Gasteiger partial charge in [0.1, 0.15) is 6.07 Å². The van der Waals surface area contributed by atoms with Gasteiger partial charge < -0.3 is 5.32 Å². The Bertz CT molecular complexity index is 851. The van der Waals surface area contributed by atoms with Gasteiger partial charge in [0, 0.05) is 5.92 Å². The van der Waals surface area contributed by atoms with Gasteiger partial charge in [-0.3, -0.25) is 0 Å². The van der Waals surface area contributed by atoms with Crippen LogP contribution < -0.4 is 5.32 Å². The fraction of sp³-hybridized carbons (Fsp3) is 0.211. The first kappa shape index (κ1) is 14.6. The number of anilines is 1. The summed E-state index contributed by atoms with van der Waals surface area (Å²) in [5.41, 5.74) is 3.78. The minimum Gasteiger partial charge on any atom is -0.377 e. The van der Waals surface area contributed by atoms with E-state index in [0.29, 0.717) is 27.4 Å². The van der Waals surface area contributed by atoms with Gasteiger partial charge in [0.2, 0.25) is 0 Å². The molecule has 1 aliphatic carbocycles. The van der Waals surface area contributed by atoms with E-state index >= 15 is 0 Å². The average Bonchev–Trinajstić information content (AvgIpc) is 3.06. The summed E-state index contributed by atoms with van der Waals surface area (Å²) in [6.45, 7) is 0. The number of para-hydroxylation sites is 1. The van der Waals surface area contributed by atoms with Crippen molar-refractivity contribution in [1.82, 2.24) is 0 Å². The van der Waals surface area contributed by atoms with Crippen molar-refractivity contribution < 1.29 is 0 Å². The second-order valence-corrected chi connectivity index (χ2v) is 6.79. The maximum Gasteiger partial charge on any atom is 0.101 e. The first-order valence-electron chi connectivity index (χ1n) is 7.61. The van der Waals surface area contributed by atoms with Gasteiger partial charge in [-0.05, 0) is 35.6 Å². The molecule has 0 radical (unpaired) electrons. The highest BCUT2D eigenvalue weighted by atomic mass is 35.5. The molecule has 2 nitrogen and oxygen atoms in total. The van der Waals surface area contributed by atoms with Crippen LogP contribution in [-0.2, 0) is 0 Å². The van der Waals surface area contributed by atoms with E-state index in [2.05, 4.69) is 29.6 Å². The van der Waals surface area contributed by atoms with Crippen LogP contribution in [-0.4, -0.2) is 0 Å². The Morgan fingerprint density at radius 2 is 1.87 bits per heavy atom. The smallest absolute Gasteiger partial charge is 0.101 e. The van der Waals surface area contributed by atoms with E-state index in [1.807, 2.05) is 24.3 Å². The van der Waals surface area contributed by atoms with Gasteiger partial charge in [-0.2, -0.15) is 5.26 Å².